The number of nitrogens with one attached hydrogen (secondary N) is 2. The van der Waals surface area contributed by atoms with Gasteiger partial charge in [-0.2, -0.15) is 4.98 Å². The molecule has 4 aliphatic carbocycles. The number of para-hydroxylation sites is 2. The first kappa shape index (κ1) is 17.1. The van der Waals surface area contributed by atoms with Gasteiger partial charge in [-0.3, -0.25) is 0 Å². The molecule has 0 unspecified atom stereocenters. The summed E-state index contributed by atoms with van der Waals surface area (Å²) in [6.07, 6.45) is 9.94. The Kier molecular flexibility index (Phi) is 3.93. The second kappa shape index (κ2) is 6.65. The maximum atomic E-state index is 5.38. The van der Waals surface area contributed by atoms with Crippen LogP contribution in [0.4, 0.5) is 11.4 Å². The molecule has 7 rings (SSSR count). The summed E-state index contributed by atoms with van der Waals surface area (Å²) < 4.78 is 10.7. The Morgan fingerprint density at radius 3 is 2.34 bits per heavy atom. The van der Waals surface area contributed by atoms with E-state index in [1.165, 1.54) is 44.2 Å². The summed E-state index contributed by atoms with van der Waals surface area (Å²) in [5.41, 5.74) is 2.55. The van der Waals surface area contributed by atoms with Crippen molar-refractivity contribution in [2.24, 2.45) is 17.8 Å². The highest BCUT2D eigenvalue weighted by Gasteiger charge is 2.51. The van der Waals surface area contributed by atoms with Crippen molar-refractivity contribution in [3.8, 4) is 11.6 Å². The van der Waals surface area contributed by atoms with E-state index in [0.717, 1.165) is 23.4 Å². The van der Waals surface area contributed by atoms with Crippen molar-refractivity contribution in [3.05, 3.63) is 48.6 Å². The van der Waals surface area contributed by atoms with E-state index in [1.54, 1.807) is 6.26 Å². The van der Waals surface area contributed by atoms with Gasteiger partial charge in [-0.1, -0.05) is 17.3 Å². The summed E-state index contributed by atoms with van der Waals surface area (Å²) in [5, 5.41) is 11.5. The number of hydrogen-bond acceptors (Lipinski definition) is 6. The molecule has 6 nitrogen and oxygen atoms in total. The third-order valence-electron chi connectivity index (χ3n) is 7.00. The monoisotopic (exact) mass is 390 g/mol. The number of rotatable bonds is 6. The number of hydrogen-bond donors (Lipinski definition) is 2. The zero-order valence-corrected chi connectivity index (χ0v) is 16.4. The maximum absolute atomic E-state index is 5.38. The molecule has 3 aromatic rings. The van der Waals surface area contributed by atoms with Crippen LogP contribution in [0.15, 0.2) is 51.6 Å². The van der Waals surface area contributed by atoms with Crippen LogP contribution in [0.1, 0.15) is 44.4 Å². The van der Waals surface area contributed by atoms with E-state index in [0.29, 0.717) is 24.0 Å². The fraction of sp³-hybridized carbons (Fsp3) is 0.478. The van der Waals surface area contributed by atoms with Gasteiger partial charge < -0.3 is 19.6 Å². The minimum absolute atomic E-state index is 0.281. The number of nitrogens with zero attached hydrogens (tertiary/aromatic N) is 2. The Labute approximate surface area is 170 Å². The topological polar surface area (TPSA) is 76.1 Å². The van der Waals surface area contributed by atoms with Crippen molar-refractivity contribution in [1.82, 2.24) is 10.1 Å². The second-order valence-corrected chi connectivity index (χ2v) is 9.21. The average molecular weight is 390 g/mol. The van der Waals surface area contributed by atoms with Gasteiger partial charge in [0, 0.05) is 5.54 Å². The number of benzene rings is 1. The lowest BCUT2D eigenvalue weighted by molar-refractivity contribution is 0.0107. The summed E-state index contributed by atoms with van der Waals surface area (Å²) in [7, 11) is 0. The lowest BCUT2D eigenvalue weighted by Gasteiger charge is -2.57. The van der Waals surface area contributed by atoms with Gasteiger partial charge in [0.1, 0.15) is 0 Å². The molecule has 2 N–H and O–H groups in total. The molecular formula is C23H26N4O2. The van der Waals surface area contributed by atoms with Gasteiger partial charge in [0.05, 0.1) is 24.2 Å². The standard InChI is InChI=1S/C23H26N4O2/c1-2-5-19(26-23-11-15-8-16(12-23)10-17(9-15)13-23)18(4-1)24-14-21-25-22(27-29-21)20-6-3-7-28-20/h1-7,15-17,24,26H,8-14H2. The van der Waals surface area contributed by atoms with Crippen LogP contribution < -0.4 is 10.6 Å². The molecule has 2 heterocycles. The molecule has 0 aliphatic heterocycles. The van der Waals surface area contributed by atoms with Crippen molar-refractivity contribution < 1.29 is 8.94 Å². The predicted octanol–water partition coefficient (Wildman–Crippen LogP) is 5.32. The molecule has 6 heteroatoms. The highest BCUT2D eigenvalue weighted by molar-refractivity contribution is 5.69. The molecule has 0 spiro atoms. The van der Waals surface area contributed by atoms with Crippen LogP contribution in [-0.2, 0) is 6.54 Å². The van der Waals surface area contributed by atoms with E-state index < -0.39 is 0 Å². The zero-order valence-electron chi connectivity index (χ0n) is 16.4. The van der Waals surface area contributed by atoms with Crippen molar-refractivity contribution >= 4 is 11.4 Å². The van der Waals surface area contributed by atoms with E-state index in [2.05, 4.69) is 45.0 Å². The van der Waals surface area contributed by atoms with E-state index >= 15 is 0 Å². The van der Waals surface area contributed by atoms with Gasteiger partial charge in [0.15, 0.2) is 5.76 Å². The lowest BCUT2D eigenvalue weighted by atomic mass is 9.53. The third kappa shape index (κ3) is 3.20. The van der Waals surface area contributed by atoms with Gasteiger partial charge >= 0.3 is 0 Å². The summed E-state index contributed by atoms with van der Waals surface area (Å²) in [6.45, 7) is 0.479. The molecular weight excluding hydrogens is 364 g/mol. The first-order valence-electron chi connectivity index (χ1n) is 10.7. The largest absolute Gasteiger partial charge is 0.461 e. The Bertz CT molecular complexity index is 959. The third-order valence-corrected chi connectivity index (χ3v) is 7.00. The summed E-state index contributed by atoms with van der Waals surface area (Å²) in [4.78, 5) is 4.42. The van der Waals surface area contributed by atoms with Crippen LogP contribution >= 0.6 is 0 Å². The van der Waals surface area contributed by atoms with E-state index in [4.69, 9.17) is 8.94 Å². The van der Waals surface area contributed by atoms with Crippen LogP contribution in [0.2, 0.25) is 0 Å². The highest BCUT2D eigenvalue weighted by Crippen LogP contribution is 2.56. The molecule has 0 amide bonds. The Hall–Kier alpha value is -2.76. The Morgan fingerprint density at radius 1 is 0.931 bits per heavy atom. The van der Waals surface area contributed by atoms with Crippen LogP contribution in [0.25, 0.3) is 11.6 Å². The molecule has 150 valence electrons. The van der Waals surface area contributed by atoms with Crippen LogP contribution in [0.5, 0.6) is 0 Å². The smallest absolute Gasteiger partial charge is 0.246 e. The summed E-state index contributed by atoms with van der Waals surface area (Å²) in [5.74, 6) is 4.41. The fourth-order valence-corrected chi connectivity index (χ4v) is 6.30. The first-order valence-corrected chi connectivity index (χ1v) is 10.7. The van der Waals surface area contributed by atoms with Crippen molar-refractivity contribution in [1.29, 1.82) is 0 Å². The molecule has 29 heavy (non-hydrogen) atoms. The predicted molar refractivity (Wildman–Crippen MR) is 110 cm³/mol. The van der Waals surface area contributed by atoms with Crippen LogP contribution in [-0.4, -0.2) is 15.7 Å². The molecule has 2 aromatic heterocycles. The Morgan fingerprint density at radius 2 is 1.66 bits per heavy atom. The molecule has 1 aromatic carbocycles. The quantitative estimate of drug-likeness (QED) is 0.593. The molecule has 4 bridgehead atoms. The average Bonchev–Trinajstić information content (AvgIpc) is 3.38. The fourth-order valence-electron chi connectivity index (χ4n) is 6.30. The molecule has 0 atom stereocenters. The van der Waals surface area contributed by atoms with Gasteiger partial charge in [0.2, 0.25) is 11.7 Å². The number of furan rings is 1. The molecule has 4 aliphatic rings. The summed E-state index contributed by atoms with van der Waals surface area (Å²) in [6, 6.07) is 12.1. The van der Waals surface area contributed by atoms with Gasteiger partial charge in [-0.05, 0) is 80.5 Å². The van der Waals surface area contributed by atoms with Crippen molar-refractivity contribution in [2.45, 2.75) is 50.6 Å². The van der Waals surface area contributed by atoms with Crippen LogP contribution in [0.3, 0.4) is 0 Å². The van der Waals surface area contributed by atoms with E-state index in [1.807, 2.05) is 12.1 Å². The highest BCUT2D eigenvalue weighted by atomic mass is 16.5. The number of anilines is 2. The number of aromatic nitrogens is 2. The lowest BCUT2D eigenvalue weighted by Crippen LogP contribution is -2.54. The Balaban J connectivity index is 1.18. The normalized spacial score (nSPS) is 29.9. The minimum Gasteiger partial charge on any atom is -0.461 e. The van der Waals surface area contributed by atoms with Crippen molar-refractivity contribution in [2.75, 3.05) is 10.6 Å². The SMILES string of the molecule is c1coc(-c2noc(CNc3ccccc3NC34CC5CC(CC(C5)C3)C4)n2)c1. The van der Waals surface area contributed by atoms with E-state index in [-0.39, 0.29) is 5.54 Å². The van der Waals surface area contributed by atoms with Gasteiger partial charge in [-0.15, -0.1) is 0 Å². The molecule has 4 saturated carbocycles. The van der Waals surface area contributed by atoms with Crippen LogP contribution in [0, 0.1) is 17.8 Å². The maximum Gasteiger partial charge on any atom is 0.246 e. The van der Waals surface area contributed by atoms with Gasteiger partial charge in [-0.25, -0.2) is 0 Å². The molecule has 0 saturated heterocycles. The molecule has 0 radical (unpaired) electrons. The van der Waals surface area contributed by atoms with Crippen molar-refractivity contribution in [3.63, 3.8) is 0 Å². The molecule has 4 fully saturated rings. The minimum atomic E-state index is 0.281. The second-order valence-electron chi connectivity index (χ2n) is 9.21. The van der Waals surface area contributed by atoms with Gasteiger partial charge in [0.25, 0.3) is 0 Å². The first-order chi connectivity index (χ1) is 14.2. The summed E-state index contributed by atoms with van der Waals surface area (Å²) >= 11 is 0. The zero-order chi connectivity index (χ0) is 19.3. The van der Waals surface area contributed by atoms with E-state index in [9.17, 15) is 0 Å².